The highest BCUT2D eigenvalue weighted by Gasteiger charge is 2.00. The first-order chi connectivity index (χ1) is 8.79. The number of pyridine rings is 1. The van der Waals surface area contributed by atoms with Crippen molar-refractivity contribution in [2.24, 2.45) is 5.16 Å². The van der Waals surface area contributed by atoms with Crippen LogP contribution in [0.2, 0.25) is 5.02 Å². The SMILES string of the molecule is O/N=C/c1ccc(OCc2ccccc2Cl)cn1. The number of oxime groups is 1. The molecule has 92 valence electrons. The molecular weight excluding hydrogens is 252 g/mol. The van der Waals surface area contributed by atoms with Crippen molar-refractivity contribution in [1.82, 2.24) is 4.98 Å². The molecule has 0 saturated carbocycles. The Kier molecular flexibility index (Phi) is 4.15. The largest absolute Gasteiger partial charge is 0.487 e. The molecule has 1 N–H and O–H groups in total. The van der Waals surface area contributed by atoms with E-state index in [1.54, 1.807) is 18.3 Å². The lowest BCUT2D eigenvalue weighted by atomic mass is 10.2. The monoisotopic (exact) mass is 262 g/mol. The summed E-state index contributed by atoms with van der Waals surface area (Å²) in [6, 6.07) is 10.9. The second kappa shape index (κ2) is 6.02. The van der Waals surface area contributed by atoms with Gasteiger partial charge in [0.2, 0.25) is 0 Å². The molecule has 2 rings (SSSR count). The Hall–Kier alpha value is -2.07. The van der Waals surface area contributed by atoms with Gasteiger partial charge in [-0.3, -0.25) is 4.98 Å². The van der Waals surface area contributed by atoms with Crippen molar-refractivity contribution in [3.8, 4) is 5.75 Å². The zero-order chi connectivity index (χ0) is 12.8. The lowest BCUT2D eigenvalue weighted by Gasteiger charge is -2.07. The van der Waals surface area contributed by atoms with Gasteiger partial charge in [-0.05, 0) is 18.2 Å². The maximum Gasteiger partial charge on any atom is 0.138 e. The maximum absolute atomic E-state index is 8.36. The van der Waals surface area contributed by atoms with E-state index in [1.807, 2.05) is 24.3 Å². The van der Waals surface area contributed by atoms with Crippen LogP contribution in [-0.4, -0.2) is 16.4 Å². The van der Waals surface area contributed by atoms with Crippen LogP contribution in [0.4, 0.5) is 0 Å². The number of ether oxygens (including phenoxy) is 1. The first-order valence-corrected chi connectivity index (χ1v) is 5.67. The summed E-state index contributed by atoms with van der Waals surface area (Å²) in [5, 5.41) is 11.9. The standard InChI is InChI=1S/C13H11ClN2O2/c14-13-4-2-1-3-10(13)9-18-12-6-5-11(7-16-17)15-8-12/h1-8,17H,9H2/b16-7+. The fraction of sp³-hybridized carbons (Fsp3) is 0.0769. The fourth-order valence-electron chi connectivity index (χ4n) is 1.39. The molecule has 0 fully saturated rings. The van der Waals surface area contributed by atoms with Gasteiger partial charge in [0.1, 0.15) is 12.4 Å². The first kappa shape index (κ1) is 12.4. The van der Waals surface area contributed by atoms with Gasteiger partial charge < -0.3 is 9.94 Å². The van der Waals surface area contributed by atoms with Crippen LogP contribution < -0.4 is 4.74 Å². The number of halogens is 1. The number of aromatic nitrogens is 1. The van der Waals surface area contributed by atoms with E-state index in [1.165, 1.54) is 6.21 Å². The van der Waals surface area contributed by atoms with E-state index >= 15 is 0 Å². The average molecular weight is 263 g/mol. The van der Waals surface area contributed by atoms with Gasteiger partial charge in [-0.2, -0.15) is 0 Å². The van der Waals surface area contributed by atoms with Gasteiger partial charge in [0.05, 0.1) is 18.1 Å². The summed E-state index contributed by atoms with van der Waals surface area (Å²) < 4.78 is 5.55. The molecule has 0 bridgehead atoms. The zero-order valence-corrected chi connectivity index (χ0v) is 10.2. The molecule has 1 aromatic carbocycles. The van der Waals surface area contributed by atoms with E-state index in [-0.39, 0.29) is 0 Å². The molecule has 0 amide bonds. The van der Waals surface area contributed by atoms with E-state index in [0.717, 1.165) is 5.56 Å². The van der Waals surface area contributed by atoms with Gasteiger partial charge >= 0.3 is 0 Å². The number of nitrogens with zero attached hydrogens (tertiary/aromatic N) is 2. The molecule has 18 heavy (non-hydrogen) atoms. The molecule has 0 spiro atoms. The molecule has 0 unspecified atom stereocenters. The Bertz CT molecular complexity index is 541. The van der Waals surface area contributed by atoms with Crippen LogP contribution in [0.15, 0.2) is 47.8 Å². The molecule has 4 nitrogen and oxygen atoms in total. The lowest BCUT2D eigenvalue weighted by molar-refractivity contribution is 0.305. The van der Waals surface area contributed by atoms with Crippen molar-refractivity contribution in [3.05, 3.63) is 58.9 Å². The molecule has 0 aliphatic carbocycles. The van der Waals surface area contributed by atoms with E-state index in [0.29, 0.717) is 23.1 Å². The van der Waals surface area contributed by atoms with E-state index in [4.69, 9.17) is 21.5 Å². The van der Waals surface area contributed by atoms with Crippen molar-refractivity contribution in [1.29, 1.82) is 0 Å². The number of benzene rings is 1. The molecule has 0 saturated heterocycles. The quantitative estimate of drug-likeness (QED) is 0.523. The van der Waals surface area contributed by atoms with Crippen molar-refractivity contribution in [3.63, 3.8) is 0 Å². The number of rotatable bonds is 4. The van der Waals surface area contributed by atoms with Gasteiger partial charge in [0.25, 0.3) is 0 Å². The molecule has 0 atom stereocenters. The van der Waals surface area contributed by atoms with Gasteiger partial charge in [-0.25, -0.2) is 0 Å². The van der Waals surface area contributed by atoms with Crippen molar-refractivity contribution in [2.75, 3.05) is 0 Å². The fourth-order valence-corrected chi connectivity index (χ4v) is 1.58. The van der Waals surface area contributed by atoms with Gasteiger partial charge in [0, 0.05) is 10.6 Å². The molecule has 1 aromatic heterocycles. The highest BCUT2D eigenvalue weighted by molar-refractivity contribution is 6.31. The summed E-state index contributed by atoms with van der Waals surface area (Å²) in [6.45, 7) is 0.384. The molecule has 0 aliphatic rings. The van der Waals surface area contributed by atoms with Gasteiger partial charge in [-0.15, -0.1) is 0 Å². The minimum Gasteiger partial charge on any atom is -0.487 e. The Balaban J connectivity index is 2.00. The van der Waals surface area contributed by atoms with Crippen LogP contribution in [0.5, 0.6) is 5.75 Å². The topological polar surface area (TPSA) is 54.7 Å². The first-order valence-electron chi connectivity index (χ1n) is 5.29. The minimum absolute atomic E-state index is 0.384. The minimum atomic E-state index is 0.384. The number of hydrogen-bond donors (Lipinski definition) is 1. The number of hydrogen-bond acceptors (Lipinski definition) is 4. The Morgan fingerprint density at radius 1 is 1.28 bits per heavy atom. The summed E-state index contributed by atoms with van der Waals surface area (Å²) in [5.74, 6) is 0.630. The van der Waals surface area contributed by atoms with Gasteiger partial charge in [-0.1, -0.05) is 35.0 Å². The summed E-state index contributed by atoms with van der Waals surface area (Å²) in [7, 11) is 0. The van der Waals surface area contributed by atoms with Crippen LogP contribution in [0.1, 0.15) is 11.3 Å². The molecule has 5 heteroatoms. The molecule has 2 aromatic rings. The lowest BCUT2D eigenvalue weighted by Crippen LogP contribution is -1.97. The van der Waals surface area contributed by atoms with Crippen LogP contribution in [-0.2, 0) is 6.61 Å². The second-order valence-electron chi connectivity index (χ2n) is 3.54. The van der Waals surface area contributed by atoms with E-state index in [2.05, 4.69) is 10.1 Å². The summed E-state index contributed by atoms with van der Waals surface area (Å²) in [6.07, 6.45) is 2.81. The van der Waals surface area contributed by atoms with Crippen molar-refractivity contribution >= 4 is 17.8 Å². The Labute approximate surface area is 109 Å². The van der Waals surface area contributed by atoms with Crippen molar-refractivity contribution < 1.29 is 9.94 Å². The Morgan fingerprint density at radius 3 is 2.78 bits per heavy atom. The predicted octanol–water partition coefficient (Wildman–Crippen LogP) is 3.12. The molecule has 0 radical (unpaired) electrons. The highest BCUT2D eigenvalue weighted by atomic mass is 35.5. The summed E-state index contributed by atoms with van der Waals surface area (Å²) in [4.78, 5) is 4.04. The maximum atomic E-state index is 8.36. The smallest absolute Gasteiger partial charge is 0.138 e. The summed E-state index contributed by atoms with van der Waals surface area (Å²) in [5.41, 5.74) is 1.47. The second-order valence-corrected chi connectivity index (χ2v) is 3.95. The van der Waals surface area contributed by atoms with E-state index in [9.17, 15) is 0 Å². The zero-order valence-electron chi connectivity index (χ0n) is 9.45. The van der Waals surface area contributed by atoms with Crippen LogP contribution in [0.3, 0.4) is 0 Å². The molecule has 1 heterocycles. The molecule has 0 aliphatic heterocycles. The normalized spacial score (nSPS) is 10.7. The summed E-state index contributed by atoms with van der Waals surface area (Å²) >= 11 is 6.02. The highest BCUT2D eigenvalue weighted by Crippen LogP contribution is 2.17. The third-order valence-corrected chi connectivity index (χ3v) is 2.67. The third kappa shape index (κ3) is 3.21. The van der Waals surface area contributed by atoms with Crippen LogP contribution in [0.25, 0.3) is 0 Å². The van der Waals surface area contributed by atoms with Crippen LogP contribution in [0, 0.1) is 0 Å². The van der Waals surface area contributed by atoms with Crippen molar-refractivity contribution in [2.45, 2.75) is 6.61 Å². The Morgan fingerprint density at radius 2 is 2.11 bits per heavy atom. The van der Waals surface area contributed by atoms with Gasteiger partial charge in [0.15, 0.2) is 0 Å². The van der Waals surface area contributed by atoms with Crippen LogP contribution >= 0.6 is 11.6 Å². The molecular formula is C13H11ClN2O2. The predicted molar refractivity (Wildman–Crippen MR) is 69.4 cm³/mol. The van der Waals surface area contributed by atoms with E-state index < -0.39 is 0 Å². The average Bonchev–Trinajstić information content (AvgIpc) is 2.40. The third-order valence-electron chi connectivity index (χ3n) is 2.30.